The number of nitrogens with one attached hydrogen (secondary N) is 1. The molecule has 1 aliphatic rings. The largest absolute Gasteiger partial charge is 0.497 e. The fraction of sp³-hybridized carbons (Fsp3) is 0.333. The van der Waals surface area contributed by atoms with Crippen LogP contribution in [0.15, 0.2) is 54.6 Å². The summed E-state index contributed by atoms with van der Waals surface area (Å²) >= 11 is 0. The minimum absolute atomic E-state index is 0. The predicted octanol–water partition coefficient (Wildman–Crippen LogP) is 4.04. The maximum absolute atomic E-state index is 5.70. The van der Waals surface area contributed by atoms with E-state index in [0.717, 1.165) is 44.2 Å². The van der Waals surface area contributed by atoms with Gasteiger partial charge in [-0.25, -0.2) is 0 Å². The summed E-state index contributed by atoms with van der Waals surface area (Å²) in [4.78, 5) is 2.49. The summed E-state index contributed by atoms with van der Waals surface area (Å²) in [5.41, 5.74) is 2.57. The van der Waals surface area contributed by atoms with Gasteiger partial charge in [-0.15, -0.1) is 24.8 Å². The zero-order valence-electron chi connectivity index (χ0n) is 15.6. The van der Waals surface area contributed by atoms with Crippen LogP contribution in [0.2, 0.25) is 0 Å². The van der Waals surface area contributed by atoms with Crippen molar-refractivity contribution in [2.75, 3.05) is 39.9 Å². The van der Waals surface area contributed by atoms with Crippen LogP contribution in [-0.4, -0.2) is 44.8 Å². The Bertz CT molecular complexity index is 670. The molecule has 0 unspecified atom stereocenters. The van der Waals surface area contributed by atoms with E-state index in [1.165, 1.54) is 11.1 Å². The molecule has 0 aliphatic carbocycles. The van der Waals surface area contributed by atoms with Gasteiger partial charge in [-0.1, -0.05) is 30.3 Å². The van der Waals surface area contributed by atoms with E-state index in [1.54, 1.807) is 7.11 Å². The molecule has 1 saturated heterocycles. The molecule has 1 heterocycles. The first-order valence-corrected chi connectivity index (χ1v) is 8.79. The van der Waals surface area contributed by atoms with Gasteiger partial charge in [-0.3, -0.25) is 4.90 Å². The highest BCUT2D eigenvalue weighted by Gasteiger charge is 2.09. The lowest BCUT2D eigenvalue weighted by molar-refractivity contribution is 0.233. The van der Waals surface area contributed by atoms with E-state index in [1.807, 2.05) is 30.3 Å². The van der Waals surface area contributed by atoms with Crippen LogP contribution < -0.4 is 14.8 Å². The van der Waals surface area contributed by atoms with Gasteiger partial charge >= 0.3 is 0 Å². The minimum Gasteiger partial charge on any atom is -0.497 e. The van der Waals surface area contributed by atoms with Gasteiger partial charge in [0, 0.05) is 32.7 Å². The normalized spacial score (nSPS) is 14.3. The minimum atomic E-state index is 0. The molecule has 3 rings (SSSR count). The standard InChI is InChI=1S/C21H26N2O2.2ClH/c1-24-20-8-10-21(11-9-20)25-16-2-3-18-4-6-19(7-5-18)17-23-14-12-22-13-15-23;;/h2-11,22H,12-17H2,1H3;2*1H. The Kier molecular flexibility index (Phi) is 10.9. The molecule has 0 saturated carbocycles. The van der Waals surface area contributed by atoms with Crippen molar-refractivity contribution in [3.63, 3.8) is 0 Å². The second-order valence-electron chi connectivity index (χ2n) is 6.16. The topological polar surface area (TPSA) is 33.7 Å². The zero-order chi connectivity index (χ0) is 17.3. The highest BCUT2D eigenvalue weighted by atomic mass is 35.5. The molecule has 1 N–H and O–H groups in total. The van der Waals surface area contributed by atoms with Crippen LogP contribution in [0.3, 0.4) is 0 Å². The molecule has 0 amide bonds. The third kappa shape index (κ3) is 7.81. The molecule has 4 nitrogen and oxygen atoms in total. The van der Waals surface area contributed by atoms with Gasteiger partial charge in [0.05, 0.1) is 7.11 Å². The quantitative estimate of drug-likeness (QED) is 0.746. The van der Waals surface area contributed by atoms with Crippen molar-refractivity contribution in [3.8, 4) is 11.5 Å². The molecule has 2 aromatic rings. The summed E-state index contributed by atoms with van der Waals surface area (Å²) in [7, 11) is 1.66. The van der Waals surface area contributed by atoms with E-state index in [-0.39, 0.29) is 24.8 Å². The number of rotatable bonds is 7. The Morgan fingerprint density at radius 3 is 2.19 bits per heavy atom. The Balaban J connectivity index is 0.00000182. The SMILES string of the molecule is COc1ccc(OCC=Cc2ccc(CN3CCNCC3)cc2)cc1.Cl.Cl. The molecule has 148 valence electrons. The fourth-order valence-electron chi connectivity index (χ4n) is 2.86. The number of hydrogen-bond acceptors (Lipinski definition) is 4. The van der Waals surface area contributed by atoms with Crippen LogP contribution in [0.1, 0.15) is 11.1 Å². The molecule has 1 fully saturated rings. The first kappa shape index (κ1) is 23.3. The highest BCUT2D eigenvalue weighted by Crippen LogP contribution is 2.17. The zero-order valence-corrected chi connectivity index (χ0v) is 17.2. The second kappa shape index (κ2) is 12.6. The average Bonchev–Trinajstić information content (AvgIpc) is 2.68. The first-order valence-electron chi connectivity index (χ1n) is 8.79. The van der Waals surface area contributed by atoms with Crippen LogP contribution in [0.25, 0.3) is 6.08 Å². The average molecular weight is 411 g/mol. The Hall–Kier alpha value is -1.72. The maximum atomic E-state index is 5.70. The smallest absolute Gasteiger partial charge is 0.120 e. The van der Waals surface area contributed by atoms with Crippen molar-refractivity contribution in [2.45, 2.75) is 6.54 Å². The summed E-state index contributed by atoms with van der Waals surface area (Å²) in [6.45, 7) is 6.03. The monoisotopic (exact) mass is 410 g/mol. The van der Waals surface area contributed by atoms with E-state index in [2.05, 4.69) is 40.6 Å². The number of piperazine rings is 1. The fourth-order valence-corrected chi connectivity index (χ4v) is 2.86. The number of methoxy groups -OCH3 is 1. The summed E-state index contributed by atoms with van der Waals surface area (Å²) in [6, 6.07) is 16.4. The molecular formula is C21H28Cl2N2O2. The van der Waals surface area contributed by atoms with E-state index in [9.17, 15) is 0 Å². The lowest BCUT2D eigenvalue weighted by Crippen LogP contribution is -2.42. The Morgan fingerprint density at radius 1 is 0.926 bits per heavy atom. The maximum Gasteiger partial charge on any atom is 0.120 e. The van der Waals surface area contributed by atoms with Gasteiger partial charge in [-0.2, -0.15) is 0 Å². The number of ether oxygens (including phenoxy) is 2. The molecule has 0 aromatic heterocycles. The van der Waals surface area contributed by atoms with Gasteiger partial charge < -0.3 is 14.8 Å². The first-order chi connectivity index (χ1) is 12.3. The van der Waals surface area contributed by atoms with Crippen molar-refractivity contribution in [1.82, 2.24) is 10.2 Å². The lowest BCUT2D eigenvalue weighted by atomic mass is 10.1. The summed E-state index contributed by atoms with van der Waals surface area (Å²) in [6.07, 6.45) is 4.13. The van der Waals surface area contributed by atoms with E-state index in [0.29, 0.717) is 6.61 Å². The molecule has 6 heteroatoms. The van der Waals surface area contributed by atoms with E-state index < -0.39 is 0 Å². The summed E-state index contributed by atoms with van der Waals surface area (Å²) in [5, 5.41) is 3.39. The van der Waals surface area contributed by atoms with Crippen molar-refractivity contribution in [2.24, 2.45) is 0 Å². The number of nitrogens with zero attached hydrogens (tertiary/aromatic N) is 1. The second-order valence-corrected chi connectivity index (χ2v) is 6.16. The van der Waals surface area contributed by atoms with Crippen molar-refractivity contribution >= 4 is 30.9 Å². The molecule has 0 atom stereocenters. The van der Waals surface area contributed by atoms with Crippen LogP contribution in [0.4, 0.5) is 0 Å². The van der Waals surface area contributed by atoms with Crippen molar-refractivity contribution in [3.05, 3.63) is 65.7 Å². The summed E-state index contributed by atoms with van der Waals surface area (Å²) in [5.74, 6) is 1.68. The molecule has 1 aliphatic heterocycles. The molecule has 0 bridgehead atoms. The van der Waals surface area contributed by atoms with Gasteiger partial charge in [0.1, 0.15) is 18.1 Å². The van der Waals surface area contributed by atoms with Crippen LogP contribution in [-0.2, 0) is 6.54 Å². The van der Waals surface area contributed by atoms with Crippen molar-refractivity contribution < 1.29 is 9.47 Å². The Labute approximate surface area is 174 Å². The number of benzene rings is 2. The van der Waals surface area contributed by atoms with Crippen molar-refractivity contribution in [1.29, 1.82) is 0 Å². The van der Waals surface area contributed by atoms with Gasteiger partial charge in [0.2, 0.25) is 0 Å². The molecule has 0 spiro atoms. The molecule has 0 radical (unpaired) electrons. The van der Waals surface area contributed by atoms with E-state index >= 15 is 0 Å². The Morgan fingerprint density at radius 2 is 1.56 bits per heavy atom. The van der Waals surface area contributed by atoms with E-state index in [4.69, 9.17) is 9.47 Å². The van der Waals surface area contributed by atoms with Crippen LogP contribution >= 0.6 is 24.8 Å². The third-order valence-corrected chi connectivity index (χ3v) is 4.31. The molecule has 27 heavy (non-hydrogen) atoms. The number of hydrogen-bond donors (Lipinski definition) is 1. The van der Waals surface area contributed by atoms with Gasteiger partial charge in [0.15, 0.2) is 0 Å². The number of halogens is 2. The highest BCUT2D eigenvalue weighted by molar-refractivity contribution is 5.85. The molecular weight excluding hydrogens is 383 g/mol. The molecule has 2 aromatic carbocycles. The van der Waals surface area contributed by atoms with Gasteiger partial charge in [-0.05, 0) is 41.5 Å². The summed E-state index contributed by atoms with van der Waals surface area (Å²) < 4.78 is 10.8. The van der Waals surface area contributed by atoms with Crippen LogP contribution in [0, 0.1) is 0 Å². The predicted molar refractivity (Wildman–Crippen MR) is 117 cm³/mol. The van der Waals surface area contributed by atoms with Gasteiger partial charge in [0.25, 0.3) is 0 Å². The van der Waals surface area contributed by atoms with Crippen LogP contribution in [0.5, 0.6) is 11.5 Å². The lowest BCUT2D eigenvalue weighted by Gasteiger charge is -2.27. The third-order valence-electron chi connectivity index (χ3n) is 4.31.